The fourth-order valence-corrected chi connectivity index (χ4v) is 5.38. The van der Waals surface area contributed by atoms with Crippen LogP contribution in [0.15, 0.2) is 45.3 Å². The van der Waals surface area contributed by atoms with Crippen LogP contribution in [0, 0.1) is 26.5 Å². The molecule has 3 N–H and O–H groups in total. The lowest BCUT2D eigenvalue weighted by atomic mass is 9.69. The van der Waals surface area contributed by atoms with Gasteiger partial charge in [0.15, 0.2) is 9.74 Å². The molecule has 0 saturated carbocycles. The number of benzene rings is 1. The van der Waals surface area contributed by atoms with Crippen LogP contribution in [0.1, 0.15) is 38.2 Å². The third-order valence-electron chi connectivity index (χ3n) is 5.28. The van der Waals surface area contributed by atoms with Crippen LogP contribution in [0.3, 0.4) is 0 Å². The highest BCUT2D eigenvalue weighted by Gasteiger charge is 2.45. The number of carbonyl (C=O) groups is 1. The van der Waals surface area contributed by atoms with Crippen LogP contribution in [0.5, 0.6) is 0 Å². The number of nitrogens with one attached hydrogen (secondary N) is 1. The van der Waals surface area contributed by atoms with E-state index in [2.05, 4.69) is 32.2 Å². The van der Waals surface area contributed by atoms with Crippen molar-refractivity contribution in [3.63, 3.8) is 0 Å². The molecule has 1 aliphatic heterocycles. The SMILES string of the molecule is CC1(C)CC(=O)C2=C(C1)N(c1n[nH]c(=S)s1)C(N)=C(C#N)C2c1ccc(F)c(Br)c1. The van der Waals surface area contributed by atoms with Crippen LogP contribution in [0.2, 0.25) is 0 Å². The molecule has 1 aliphatic carbocycles. The Kier molecular flexibility index (Phi) is 5.16. The van der Waals surface area contributed by atoms with Crippen LogP contribution >= 0.6 is 39.5 Å². The van der Waals surface area contributed by atoms with Crippen LogP contribution in [-0.2, 0) is 4.79 Å². The van der Waals surface area contributed by atoms with E-state index in [0.717, 1.165) is 0 Å². The van der Waals surface area contributed by atoms with E-state index in [9.17, 15) is 14.4 Å². The van der Waals surface area contributed by atoms with Crippen molar-refractivity contribution in [2.24, 2.45) is 11.1 Å². The first kappa shape index (κ1) is 20.9. The number of nitriles is 1. The molecule has 1 unspecified atom stereocenters. The van der Waals surface area contributed by atoms with Crippen molar-refractivity contribution in [1.29, 1.82) is 5.26 Å². The molecular weight excluding hydrogens is 489 g/mol. The van der Waals surface area contributed by atoms with E-state index in [1.54, 1.807) is 17.0 Å². The maximum atomic E-state index is 13.9. The summed E-state index contributed by atoms with van der Waals surface area (Å²) in [5.41, 5.74) is 8.25. The van der Waals surface area contributed by atoms with Crippen molar-refractivity contribution >= 4 is 50.4 Å². The Hall–Kier alpha value is -2.35. The van der Waals surface area contributed by atoms with Gasteiger partial charge in [-0.3, -0.25) is 14.8 Å². The maximum absolute atomic E-state index is 13.9. The molecule has 6 nitrogen and oxygen atoms in total. The van der Waals surface area contributed by atoms with E-state index in [4.69, 9.17) is 18.0 Å². The fraction of sp³-hybridized carbons (Fsp3) is 0.300. The second kappa shape index (κ2) is 7.41. The van der Waals surface area contributed by atoms with E-state index in [-0.39, 0.29) is 27.1 Å². The predicted molar refractivity (Wildman–Crippen MR) is 118 cm³/mol. The molecule has 2 aliphatic rings. The number of Topliss-reactive ketones (excluding diaryl/α,β-unsaturated/α-hetero) is 1. The highest BCUT2D eigenvalue weighted by molar-refractivity contribution is 9.10. The number of carbonyl (C=O) groups excluding carboxylic acids is 1. The summed E-state index contributed by atoms with van der Waals surface area (Å²) < 4.78 is 14.6. The van der Waals surface area contributed by atoms with E-state index < -0.39 is 11.7 Å². The summed E-state index contributed by atoms with van der Waals surface area (Å²) in [6.07, 6.45) is 0.909. The monoisotopic (exact) mass is 505 g/mol. The maximum Gasteiger partial charge on any atom is 0.216 e. The molecule has 0 bridgehead atoms. The minimum absolute atomic E-state index is 0.0592. The van der Waals surface area contributed by atoms with Crippen molar-refractivity contribution in [2.75, 3.05) is 4.90 Å². The first-order valence-corrected chi connectivity index (χ1v) is 11.1. The molecular formula is C20H17BrFN5OS2. The molecule has 0 radical (unpaired) electrons. The number of aromatic amines is 1. The van der Waals surface area contributed by atoms with Gasteiger partial charge in [0.25, 0.3) is 0 Å². The van der Waals surface area contributed by atoms with Crippen LogP contribution < -0.4 is 10.6 Å². The molecule has 1 aromatic heterocycles. The largest absolute Gasteiger partial charge is 0.384 e. The number of nitrogens with zero attached hydrogens (tertiary/aromatic N) is 3. The average molecular weight is 506 g/mol. The lowest BCUT2D eigenvalue weighted by Gasteiger charge is -2.42. The molecule has 0 fully saturated rings. The minimum Gasteiger partial charge on any atom is -0.384 e. The highest BCUT2D eigenvalue weighted by Crippen LogP contribution is 2.50. The van der Waals surface area contributed by atoms with E-state index in [1.165, 1.54) is 17.4 Å². The Morgan fingerprint density at radius 3 is 2.80 bits per heavy atom. The summed E-state index contributed by atoms with van der Waals surface area (Å²) >= 11 is 9.59. The van der Waals surface area contributed by atoms with Gasteiger partial charge in [-0.2, -0.15) is 5.26 Å². The third-order valence-corrected chi connectivity index (χ3v) is 6.96. The number of aromatic nitrogens is 2. The van der Waals surface area contributed by atoms with Crippen molar-refractivity contribution in [2.45, 2.75) is 32.6 Å². The van der Waals surface area contributed by atoms with Crippen LogP contribution in [-0.4, -0.2) is 16.0 Å². The number of rotatable bonds is 2. The molecule has 1 aromatic carbocycles. The van der Waals surface area contributed by atoms with Crippen LogP contribution in [0.25, 0.3) is 0 Å². The zero-order valence-corrected chi connectivity index (χ0v) is 19.3. The van der Waals surface area contributed by atoms with Gasteiger partial charge < -0.3 is 5.73 Å². The highest BCUT2D eigenvalue weighted by atomic mass is 79.9. The first-order valence-electron chi connectivity index (χ1n) is 9.09. The van der Waals surface area contributed by atoms with Gasteiger partial charge in [-0.1, -0.05) is 31.3 Å². The molecule has 30 heavy (non-hydrogen) atoms. The van der Waals surface area contributed by atoms with Gasteiger partial charge in [0.05, 0.1) is 22.0 Å². The summed E-state index contributed by atoms with van der Waals surface area (Å²) in [5.74, 6) is -0.956. The van der Waals surface area contributed by atoms with Crippen molar-refractivity contribution in [3.05, 3.63) is 60.7 Å². The summed E-state index contributed by atoms with van der Waals surface area (Å²) in [5, 5.41) is 17.4. The summed E-state index contributed by atoms with van der Waals surface area (Å²) in [4.78, 5) is 15.0. The predicted octanol–water partition coefficient (Wildman–Crippen LogP) is 5.04. The number of H-pyrrole nitrogens is 1. The van der Waals surface area contributed by atoms with Crippen molar-refractivity contribution in [1.82, 2.24) is 10.2 Å². The Labute approximate surface area is 190 Å². The molecule has 0 amide bonds. The number of ketones is 1. The smallest absolute Gasteiger partial charge is 0.216 e. The van der Waals surface area contributed by atoms with E-state index in [1.807, 2.05) is 13.8 Å². The quantitative estimate of drug-likeness (QED) is 0.554. The fourth-order valence-electron chi connectivity index (χ4n) is 4.07. The Morgan fingerprint density at radius 2 is 2.20 bits per heavy atom. The molecule has 154 valence electrons. The molecule has 0 saturated heterocycles. The van der Waals surface area contributed by atoms with Crippen molar-refractivity contribution < 1.29 is 9.18 Å². The number of allylic oxidation sites excluding steroid dienone is 3. The zero-order valence-electron chi connectivity index (χ0n) is 16.1. The Bertz CT molecular complexity index is 1240. The third kappa shape index (κ3) is 3.41. The number of anilines is 1. The molecule has 2 heterocycles. The second-order valence-electron chi connectivity index (χ2n) is 8.05. The van der Waals surface area contributed by atoms with Crippen molar-refractivity contribution in [3.8, 4) is 6.07 Å². The minimum atomic E-state index is -0.673. The first-order chi connectivity index (χ1) is 14.1. The Balaban J connectivity index is 2.01. The summed E-state index contributed by atoms with van der Waals surface area (Å²) in [6.45, 7) is 4.03. The van der Waals surface area contributed by atoms with Gasteiger partial charge in [-0.15, -0.1) is 5.10 Å². The van der Waals surface area contributed by atoms with E-state index in [0.29, 0.717) is 38.8 Å². The standard InChI is InChI=1S/C20H17BrFN5OS2/c1-20(2)6-13-16(14(28)7-20)15(9-3-4-12(22)11(21)5-9)10(8-23)17(24)27(13)18-25-26-19(29)30-18/h3-5,15H,6-7,24H2,1-2H3,(H,26,29). The molecule has 10 heteroatoms. The Morgan fingerprint density at radius 1 is 1.47 bits per heavy atom. The zero-order chi connectivity index (χ0) is 21.8. The van der Waals surface area contributed by atoms with Gasteiger partial charge in [-0.05, 0) is 57.7 Å². The van der Waals surface area contributed by atoms with Gasteiger partial charge in [0.1, 0.15) is 11.6 Å². The molecule has 2 aromatic rings. The number of hydrogen-bond acceptors (Lipinski definition) is 7. The molecule has 0 spiro atoms. The van der Waals surface area contributed by atoms with E-state index >= 15 is 0 Å². The van der Waals surface area contributed by atoms with Gasteiger partial charge in [-0.25, -0.2) is 4.39 Å². The number of nitrogens with two attached hydrogens (primary N) is 1. The number of halogens is 2. The normalized spacial score (nSPS) is 21.0. The lowest BCUT2D eigenvalue weighted by Crippen LogP contribution is -2.42. The van der Waals surface area contributed by atoms with Gasteiger partial charge in [0.2, 0.25) is 5.13 Å². The number of hydrogen-bond donors (Lipinski definition) is 2. The van der Waals surface area contributed by atoms with Crippen LogP contribution in [0.4, 0.5) is 9.52 Å². The molecule has 1 atom stereocenters. The summed E-state index contributed by atoms with van der Waals surface area (Å²) in [7, 11) is 0. The molecule has 4 rings (SSSR count). The summed E-state index contributed by atoms with van der Waals surface area (Å²) in [6, 6.07) is 6.67. The second-order valence-corrected chi connectivity index (χ2v) is 10.5. The average Bonchev–Trinajstić information content (AvgIpc) is 3.08. The van der Waals surface area contributed by atoms with Gasteiger partial charge in [0, 0.05) is 17.7 Å². The van der Waals surface area contributed by atoms with Gasteiger partial charge >= 0.3 is 0 Å². The topological polar surface area (TPSA) is 98.8 Å². The lowest BCUT2D eigenvalue weighted by molar-refractivity contribution is -0.118.